The lowest BCUT2D eigenvalue weighted by Gasteiger charge is -2.15. The van der Waals surface area contributed by atoms with Crippen LogP contribution in [0.3, 0.4) is 0 Å². The number of carbonyl (C=O) groups is 2. The lowest BCUT2D eigenvalue weighted by molar-refractivity contribution is -0.274. The van der Waals surface area contributed by atoms with Crippen molar-refractivity contribution in [3.8, 4) is 11.6 Å². The van der Waals surface area contributed by atoms with Gasteiger partial charge in [0.25, 0.3) is 11.7 Å². The number of ketones is 1. The number of amides is 1. The third-order valence-corrected chi connectivity index (χ3v) is 7.47. The molecule has 11 nitrogen and oxygen atoms in total. The zero-order valence-electron chi connectivity index (χ0n) is 23.7. The van der Waals surface area contributed by atoms with Gasteiger partial charge >= 0.3 is 12.5 Å². The second-order valence-corrected chi connectivity index (χ2v) is 11.5. The molecule has 0 spiro atoms. The van der Waals surface area contributed by atoms with Gasteiger partial charge in [-0.3, -0.25) is 9.59 Å². The Morgan fingerprint density at radius 2 is 1.71 bits per heavy atom. The monoisotopic (exact) mass is 776 g/mol. The molecule has 20 heteroatoms. The SMILES string of the molecule is O=C(NCc1ccccc1OC(F)(F)F)c1cc(Br)cc(Cl)c1CC(=O)c1cc(Cn2nnc(C(F)(F)F)n2)nn1-c1ncccc1Cl. The molecule has 0 saturated carbocycles. The number of tetrazole rings is 1. The molecule has 0 aliphatic carbocycles. The smallest absolute Gasteiger partial charge is 0.405 e. The summed E-state index contributed by atoms with van der Waals surface area (Å²) in [7, 11) is 0. The van der Waals surface area contributed by atoms with Gasteiger partial charge in [-0.25, -0.2) is 9.67 Å². The van der Waals surface area contributed by atoms with E-state index in [4.69, 9.17) is 23.2 Å². The van der Waals surface area contributed by atoms with Gasteiger partial charge in [-0.2, -0.15) is 23.1 Å². The van der Waals surface area contributed by atoms with Crippen LogP contribution in [0.15, 0.2) is 65.3 Å². The Balaban J connectivity index is 1.45. The van der Waals surface area contributed by atoms with Gasteiger partial charge in [0.2, 0.25) is 0 Å². The van der Waals surface area contributed by atoms with E-state index in [9.17, 15) is 35.9 Å². The maximum Gasteiger partial charge on any atom is 0.573 e. The summed E-state index contributed by atoms with van der Waals surface area (Å²) in [5.41, 5.74) is -0.104. The van der Waals surface area contributed by atoms with Gasteiger partial charge in [-0.15, -0.1) is 23.4 Å². The number of halogens is 9. The van der Waals surface area contributed by atoms with Crippen LogP contribution in [0.2, 0.25) is 10.0 Å². The van der Waals surface area contributed by atoms with E-state index < -0.39 is 48.8 Å². The molecule has 0 unspecified atom stereocenters. The van der Waals surface area contributed by atoms with Crippen LogP contribution < -0.4 is 10.1 Å². The highest BCUT2D eigenvalue weighted by Crippen LogP contribution is 2.30. The van der Waals surface area contributed by atoms with E-state index in [-0.39, 0.29) is 50.5 Å². The molecule has 3 aromatic heterocycles. The first kappa shape index (κ1) is 34.8. The number of aromatic nitrogens is 7. The Hall–Kier alpha value is -4.55. The fourth-order valence-electron chi connectivity index (χ4n) is 4.35. The number of hydrogen-bond donors (Lipinski definition) is 1. The van der Waals surface area contributed by atoms with Crippen LogP contribution in [0.5, 0.6) is 5.75 Å². The van der Waals surface area contributed by atoms with Crippen LogP contribution in [0.1, 0.15) is 43.5 Å². The normalized spacial score (nSPS) is 11.9. The minimum absolute atomic E-state index is 0.00247. The van der Waals surface area contributed by atoms with Gasteiger partial charge in [-0.1, -0.05) is 57.3 Å². The first-order valence-corrected chi connectivity index (χ1v) is 14.8. The van der Waals surface area contributed by atoms with E-state index in [1.165, 1.54) is 54.7 Å². The maximum atomic E-state index is 13.8. The van der Waals surface area contributed by atoms with E-state index in [2.05, 4.69) is 51.5 Å². The average Bonchev–Trinajstić information content (AvgIpc) is 3.65. The number of carbonyl (C=O) groups excluding carboxylic acids is 2. The highest BCUT2D eigenvalue weighted by atomic mass is 79.9. The Bertz CT molecular complexity index is 2000. The van der Waals surface area contributed by atoms with Crippen molar-refractivity contribution in [3.63, 3.8) is 0 Å². The number of alkyl halides is 6. The zero-order valence-corrected chi connectivity index (χ0v) is 26.7. The predicted octanol–water partition coefficient (Wildman–Crippen LogP) is 6.64. The molecule has 0 aliphatic rings. The lowest BCUT2D eigenvalue weighted by atomic mass is 10.00. The summed E-state index contributed by atoms with van der Waals surface area (Å²) < 4.78 is 83.1. The van der Waals surface area contributed by atoms with Crippen molar-refractivity contribution in [2.45, 2.75) is 32.0 Å². The number of hydrogen-bond acceptors (Lipinski definition) is 8. The minimum atomic E-state index is -4.96. The third-order valence-electron chi connectivity index (χ3n) is 6.38. The molecular weight excluding hydrogens is 761 g/mol. The summed E-state index contributed by atoms with van der Waals surface area (Å²) in [5, 5.41) is 16.5. The van der Waals surface area contributed by atoms with Gasteiger partial charge in [0, 0.05) is 39.8 Å². The van der Waals surface area contributed by atoms with Crippen LogP contribution >= 0.6 is 39.1 Å². The Morgan fingerprint density at radius 1 is 0.958 bits per heavy atom. The van der Waals surface area contributed by atoms with Gasteiger partial charge < -0.3 is 10.1 Å². The molecule has 48 heavy (non-hydrogen) atoms. The predicted molar refractivity (Wildman–Crippen MR) is 160 cm³/mol. The topological polar surface area (TPSA) is 130 Å². The maximum absolute atomic E-state index is 13.8. The van der Waals surface area contributed by atoms with Crippen molar-refractivity contribution in [2.75, 3.05) is 0 Å². The molecule has 250 valence electrons. The zero-order chi connectivity index (χ0) is 34.8. The first-order valence-electron chi connectivity index (χ1n) is 13.3. The van der Waals surface area contributed by atoms with Crippen LogP contribution in [-0.4, -0.2) is 53.0 Å². The van der Waals surface area contributed by atoms with E-state index in [1.54, 1.807) is 0 Å². The van der Waals surface area contributed by atoms with Crippen LogP contribution in [0.4, 0.5) is 26.3 Å². The molecule has 5 rings (SSSR count). The van der Waals surface area contributed by atoms with Crippen LogP contribution in [0.25, 0.3) is 5.82 Å². The molecule has 1 amide bonds. The van der Waals surface area contributed by atoms with Gasteiger partial charge in [-0.05, 0) is 47.2 Å². The molecular formula is C28H17BrCl2F6N8O3. The fraction of sp³-hybridized carbons (Fsp3) is 0.179. The average molecular weight is 778 g/mol. The minimum Gasteiger partial charge on any atom is -0.405 e. The van der Waals surface area contributed by atoms with E-state index in [0.29, 0.717) is 9.27 Å². The molecule has 0 atom stereocenters. The second kappa shape index (κ2) is 13.9. The summed E-state index contributed by atoms with van der Waals surface area (Å²) in [4.78, 5) is 32.0. The number of nitrogens with one attached hydrogen (secondary N) is 1. The summed E-state index contributed by atoms with van der Waals surface area (Å²) in [6.07, 6.45) is -8.93. The largest absolute Gasteiger partial charge is 0.573 e. The first-order chi connectivity index (χ1) is 22.6. The Morgan fingerprint density at radius 3 is 2.40 bits per heavy atom. The highest BCUT2D eigenvalue weighted by molar-refractivity contribution is 9.10. The third kappa shape index (κ3) is 8.29. The van der Waals surface area contributed by atoms with Crippen molar-refractivity contribution in [1.82, 2.24) is 40.3 Å². The van der Waals surface area contributed by atoms with Gasteiger partial charge in [0.05, 0.1) is 10.7 Å². The number of Topliss-reactive ketones (excluding diaryl/α,β-unsaturated/α-hetero) is 1. The summed E-state index contributed by atoms with van der Waals surface area (Å²) in [6, 6.07) is 12.3. The Kier molecular flexibility index (Phi) is 10.1. The summed E-state index contributed by atoms with van der Waals surface area (Å²) in [5.74, 6) is -3.42. The van der Waals surface area contributed by atoms with Gasteiger partial charge in [0.1, 0.15) is 18.0 Å². The highest BCUT2D eigenvalue weighted by Gasteiger charge is 2.37. The molecule has 0 aliphatic heterocycles. The molecule has 0 radical (unpaired) electrons. The number of benzene rings is 2. The quantitative estimate of drug-likeness (QED) is 0.123. The molecule has 0 bridgehead atoms. The van der Waals surface area contributed by atoms with E-state index in [1.807, 2.05) is 0 Å². The van der Waals surface area contributed by atoms with Crippen LogP contribution in [0, 0.1) is 0 Å². The standard InChI is InChI=1S/C28H17BrCl2F6N8O3/c29-15-8-18(25(47)39-12-14-4-1-2-6-23(14)48-28(35,36)37)17(20(31)9-15)11-22(46)21-10-16(13-44-42-26(40-43-44)27(32,33)34)41-45(21)24-19(30)5-3-7-38-24/h1-10H,11-13H2,(H,39,47). The number of para-hydroxylation sites is 1. The van der Waals surface area contributed by atoms with Gasteiger partial charge in [0.15, 0.2) is 11.6 Å². The van der Waals surface area contributed by atoms with Crippen molar-refractivity contribution in [1.29, 1.82) is 0 Å². The fourth-order valence-corrected chi connectivity index (χ4v) is 5.43. The summed E-state index contributed by atoms with van der Waals surface area (Å²) in [6.45, 7) is -0.795. The second-order valence-electron chi connectivity index (χ2n) is 9.73. The van der Waals surface area contributed by atoms with E-state index >= 15 is 0 Å². The number of pyridine rings is 1. The molecule has 5 aromatic rings. The molecule has 2 aromatic carbocycles. The van der Waals surface area contributed by atoms with Crippen molar-refractivity contribution in [3.05, 3.63) is 109 Å². The molecule has 0 fully saturated rings. The number of ether oxygens (including phenoxy) is 1. The number of rotatable bonds is 10. The molecule has 0 saturated heterocycles. The van der Waals surface area contributed by atoms with Crippen molar-refractivity contribution in [2.24, 2.45) is 0 Å². The number of nitrogens with zero attached hydrogens (tertiary/aromatic N) is 7. The van der Waals surface area contributed by atoms with Crippen LogP contribution in [-0.2, 0) is 25.7 Å². The van der Waals surface area contributed by atoms with E-state index in [0.717, 1.165) is 10.7 Å². The molecule has 1 N–H and O–H groups in total. The molecule has 3 heterocycles. The summed E-state index contributed by atoms with van der Waals surface area (Å²) >= 11 is 16.0. The lowest BCUT2D eigenvalue weighted by Crippen LogP contribution is -2.26. The van der Waals surface area contributed by atoms with Crippen molar-refractivity contribution >= 4 is 50.8 Å². The van der Waals surface area contributed by atoms with Crippen molar-refractivity contribution < 1.29 is 40.7 Å². The Labute approximate surface area is 283 Å².